The van der Waals surface area contributed by atoms with Gasteiger partial charge in [0.2, 0.25) is 0 Å². The highest BCUT2D eigenvalue weighted by Gasteiger charge is 2.12. The molecule has 2 aromatic rings. The van der Waals surface area contributed by atoms with Gasteiger partial charge in [0.05, 0.1) is 11.6 Å². The van der Waals surface area contributed by atoms with E-state index < -0.39 is 0 Å². The second-order valence-corrected chi connectivity index (χ2v) is 7.26. The minimum atomic E-state index is 0. The zero-order valence-corrected chi connectivity index (χ0v) is 17.7. The van der Waals surface area contributed by atoms with E-state index in [9.17, 15) is 0 Å². The summed E-state index contributed by atoms with van der Waals surface area (Å²) in [5.41, 5.74) is 3.55. The molecule has 0 fully saturated rings. The van der Waals surface area contributed by atoms with E-state index in [1.165, 1.54) is 11.1 Å². The average molecular weight is 429 g/mol. The third kappa shape index (κ3) is 6.89. The molecular weight excluding hydrogens is 402 g/mol. The molecule has 0 heterocycles. The first kappa shape index (κ1) is 21.8. The Morgan fingerprint density at radius 2 is 1.76 bits per heavy atom. The van der Waals surface area contributed by atoms with Gasteiger partial charge in [0, 0.05) is 6.54 Å². The summed E-state index contributed by atoms with van der Waals surface area (Å²) < 4.78 is 12.4. The van der Waals surface area contributed by atoms with Gasteiger partial charge in [-0.05, 0) is 58.6 Å². The fraction of sp³-hybridized carbons (Fsp3) is 0.400. The van der Waals surface area contributed by atoms with Gasteiger partial charge in [-0.2, -0.15) is 0 Å². The summed E-state index contributed by atoms with van der Waals surface area (Å²) in [4.78, 5) is 0. The summed E-state index contributed by atoms with van der Waals surface area (Å²) in [6, 6.07) is 12.5. The second kappa shape index (κ2) is 10.7. The molecule has 2 aromatic carbocycles. The van der Waals surface area contributed by atoms with E-state index in [0.717, 1.165) is 34.6 Å². The van der Waals surface area contributed by atoms with Crippen molar-refractivity contribution in [2.24, 2.45) is 5.92 Å². The van der Waals surface area contributed by atoms with Gasteiger partial charge in [0.25, 0.3) is 0 Å². The van der Waals surface area contributed by atoms with E-state index >= 15 is 0 Å². The van der Waals surface area contributed by atoms with Crippen LogP contribution in [-0.4, -0.2) is 13.7 Å². The predicted molar refractivity (Wildman–Crippen MR) is 110 cm³/mol. The van der Waals surface area contributed by atoms with E-state index in [1.54, 1.807) is 7.11 Å². The zero-order valence-electron chi connectivity index (χ0n) is 15.3. The molecule has 0 unspecified atom stereocenters. The topological polar surface area (TPSA) is 30.5 Å². The van der Waals surface area contributed by atoms with Gasteiger partial charge in [-0.3, -0.25) is 0 Å². The number of aryl methyl sites for hydroxylation is 1. The van der Waals surface area contributed by atoms with Gasteiger partial charge in [0.1, 0.15) is 6.61 Å². The Bertz CT molecular complexity index is 659. The van der Waals surface area contributed by atoms with Crippen LogP contribution in [0.1, 0.15) is 30.5 Å². The van der Waals surface area contributed by atoms with E-state index in [-0.39, 0.29) is 12.4 Å². The molecule has 0 atom stereocenters. The van der Waals surface area contributed by atoms with E-state index in [1.807, 2.05) is 6.07 Å². The van der Waals surface area contributed by atoms with E-state index in [4.69, 9.17) is 9.47 Å². The Kier molecular flexibility index (Phi) is 9.33. The van der Waals surface area contributed by atoms with Gasteiger partial charge in [-0.1, -0.05) is 43.7 Å². The van der Waals surface area contributed by atoms with Crippen molar-refractivity contribution in [3.8, 4) is 11.5 Å². The molecule has 2 rings (SSSR count). The van der Waals surface area contributed by atoms with Gasteiger partial charge in [-0.15, -0.1) is 12.4 Å². The van der Waals surface area contributed by atoms with Gasteiger partial charge >= 0.3 is 0 Å². The number of ether oxygens (including phenoxy) is 2. The smallest absolute Gasteiger partial charge is 0.175 e. The first-order valence-electron chi connectivity index (χ1n) is 8.25. The lowest BCUT2D eigenvalue weighted by atomic mass is 10.1. The maximum Gasteiger partial charge on any atom is 0.175 e. The van der Waals surface area contributed by atoms with Gasteiger partial charge in [-0.25, -0.2) is 0 Å². The van der Waals surface area contributed by atoms with Gasteiger partial charge in [0.15, 0.2) is 11.5 Å². The van der Waals surface area contributed by atoms with Crippen molar-refractivity contribution in [1.82, 2.24) is 5.32 Å². The minimum Gasteiger partial charge on any atom is -0.493 e. The molecule has 0 aliphatic rings. The zero-order chi connectivity index (χ0) is 17.5. The number of benzene rings is 2. The van der Waals surface area contributed by atoms with Crippen molar-refractivity contribution in [2.45, 2.75) is 33.9 Å². The molecule has 0 radical (unpaired) electrons. The van der Waals surface area contributed by atoms with Crippen molar-refractivity contribution in [2.75, 3.05) is 13.7 Å². The highest BCUT2D eigenvalue weighted by atomic mass is 79.9. The van der Waals surface area contributed by atoms with Crippen LogP contribution in [0.25, 0.3) is 0 Å². The highest BCUT2D eigenvalue weighted by molar-refractivity contribution is 9.10. The monoisotopic (exact) mass is 427 g/mol. The number of halogens is 2. The first-order chi connectivity index (χ1) is 11.5. The maximum atomic E-state index is 5.99. The Balaban J connectivity index is 0.00000312. The van der Waals surface area contributed by atoms with Crippen LogP contribution in [0.2, 0.25) is 0 Å². The van der Waals surface area contributed by atoms with E-state index in [2.05, 4.69) is 72.3 Å². The standard InChI is InChI=1S/C20H26BrNO2.ClH/c1-14(2)11-22-12-17-9-18(21)20(19(10-17)23-4)24-13-16-7-5-15(3)6-8-16;/h5-10,14,22H,11-13H2,1-4H3;1H. The maximum absolute atomic E-state index is 5.99. The van der Waals surface area contributed by atoms with Crippen molar-refractivity contribution in [3.63, 3.8) is 0 Å². The molecule has 5 heteroatoms. The summed E-state index contributed by atoms with van der Waals surface area (Å²) in [5.74, 6) is 2.12. The molecular formula is C20H27BrClNO2. The fourth-order valence-electron chi connectivity index (χ4n) is 2.36. The van der Waals surface area contributed by atoms with E-state index in [0.29, 0.717) is 12.5 Å². The van der Waals surface area contributed by atoms with Gasteiger partial charge < -0.3 is 14.8 Å². The molecule has 0 bridgehead atoms. The Morgan fingerprint density at radius 1 is 1.08 bits per heavy atom. The fourth-order valence-corrected chi connectivity index (χ4v) is 2.96. The molecule has 1 N–H and O–H groups in total. The summed E-state index contributed by atoms with van der Waals surface area (Å²) in [5, 5.41) is 3.45. The van der Waals surface area contributed by atoms with Crippen molar-refractivity contribution < 1.29 is 9.47 Å². The second-order valence-electron chi connectivity index (χ2n) is 6.41. The third-order valence-electron chi connectivity index (χ3n) is 3.67. The van der Waals surface area contributed by atoms with Crippen molar-refractivity contribution >= 4 is 28.3 Å². The molecule has 0 aromatic heterocycles. The summed E-state index contributed by atoms with van der Waals surface area (Å²) in [6.45, 7) is 8.80. The van der Waals surface area contributed by atoms with Crippen LogP contribution in [0.4, 0.5) is 0 Å². The highest BCUT2D eigenvalue weighted by Crippen LogP contribution is 2.37. The summed E-state index contributed by atoms with van der Waals surface area (Å²) >= 11 is 3.61. The van der Waals surface area contributed by atoms with Crippen LogP contribution in [0.5, 0.6) is 11.5 Å². The van der Waals surface area contributed by atoms with Crippen molar-refractivity contribution in [3.05, 3.63) is 57.6 Å². The molecule has 25 heavy (non-hydrogen) atoms. The molecule has 0 saturated carbocycles. The average Bonchev–Trinajstić information content (AvgIpc) is 2.54. The van der Waals surface area contributed by atoms with Crippen LogP contribution in [0.15, 0.2) is 40.9 Å². The summed E-state index contributed by atoms with van der Waals surface area (Å²) in [6.07, 6.45) is 0. The Hall–Kier alpha value is -1.23. The quantitative estimate of drug-likeness (QED) is 0.601. The van der Waals surface area contributed by atoms with Crippen LogP contribution < -0.4 is 14.8 Å². The first-order valence-corrected chi connectivity index (χ1v) is 9.04. The molecule has 3 nitrogen and oxygen atoms in total. The molecule has 0 spiro atoms. The van der Waals surface area contributed by atoms with Crippen molar-refractivity contribution in [1.29, 1.82) is 0 Å². The summed E-state index contributed by atoms with van der Waals surface area (Å²) in [7, 11) is 1.67. The third-order valence-corrected chi connectivity index (χ3v) is 4.26. The lowest BCUT2D eigenvalue weighted by Crippen LogP contribution is -2.19. The molecule has 0 amide bonds. The Labute approximate surface area is 165 Å². The number of nitrogens with one attached hydrogen (secondary N) is 1. The van der Waals surface area contributed by atoms with Crippen LogP contribution in [0.3, 0.4) is 0 Å². The SMILES string of the molecule is COc1cc(CNCC(C)C)cc(Br)c1OCc1ccc(C)cc1.Cl. The van der Waals surface area contributed by atoms with Crippen LogP contribution in [0, 0.1) is 12.8 Å². The molecule has 138 valence electrons. The number of rotatable bonds is 8. The lowest BCUT2D eigenvalue weighted by Gasteiger charge is -2.15. The molecule has 0 saturated heterocycles. The normalized spacial score (nSPS) is 10.5. The van der Waals surface area contributed by atoms with Crippen LogP contribution in [-0.2, 0) is 13.2 Å². The molecule has 0 aliphatic carbocycles. The number of hydrogen-bond acceptors (Lipinski definition) is 3. The predicted octanol–water partition coefficient (Wildman–Crippen LogP) is 5.51. The Morgan fingerprint density at radius 3 is 2.36 bits per heavy atom. The lowest BCUT2D eigenvalue weighted by molar-refractivity contribution is 0.282. The minimum absolute atomic E-state index is 0. The number of hydrogen-bond donors (Lipinski definition) is 1. The largest absolute Gasteiger partial charge is 0.493 e. The number of methoxy groups -OCH3 is 1. The molecule has 0 aliphatic heterocycles. The van der Waals surface area contributed by atoms with Crippen LogP contribution >= 0.6 is 28.3 Å².